The van der Waals surface area contributed by atoms with Crippen LogP contribution in [-0.4, -0.2) is 58.7 Å². The molecule has 1 heterocycles. The van der Waals surface area contributed by atoms with E-state index in [-0.39, 0.29) is 24.8 Å². The van der Waals surface area contributed by atoms with E-state index in [0.29, 0.717) is 23.7 Å². The highest BCUT2D eigenvalue weighted by molar-refractivity contribution is 8.13. The van der Waals surface area contributed by atoms with Gasteiger partial charge in [0, 0.05) is 35.0 Å². The van der Waals surface area contributed by atoms with Gasteiger partial charge in [-0.15, -0.1) is 0 Å². The molecule has 0 radical (unpaired) electrons. The first-order valence-corrected chi connectivity index (χ1v) is 16.8. The summed E-state index contributed by atoms with van der Waals surface area (Å²) in [7, 11) is 1.87. The Morgan fingerprint density at radius 2 is 1.87 bits per heavy atom. The maximum absolute atomic E-state index is 17.6. The molecule has 6 nitrogen and oxygen atoms in total. The number of hydrogen-bond acceptors (Lipinski definition) is 7. The van der Waals surface area contributed by atoms with Gasteiger partial charge in [-0.3, -0.25) is 9.59 Å². The number of allylic oxidation sites excluding steroid dienone is 4. The lowest BCUT2D eigenvalue weighted by Gasteiger charge is -2.63. The van der Waals surface area contributed by atoms with Crippen molar-refractivity contribution in [2.75, 3.05) is 18.4 Å². The van der Waals surface area contributed by atoms with Crippen molar-refractivity contribution in [1.29, 1.82) is 0 Å². The lowest BCUT2D eigenvalue weighted by molar-refractivity contribution is -0.232. The van der Waals surface area contributed by atoms with E-state index >= 15 is 8.78 Å². The van der Waals surface area contributed by atoms with Crippen molar-refractivity contribution < 1.29 is 37.3 Å². The standard InChI is InChI=1S/C36H38F3NO5S/c1-33-12-11-24(41)15-27(33)28(38)16-26-25-17-30-36(32(43)46-19-37,34(25,2)18-29(42)35(26,33)39)45-31(44-30)22-9-7-20(8-10-22)13-21-5-4-6-23(14-21)40-3/h4-12,14-15,25-26,28-31,40,42H,13,16-19H2,1-3H3/t25-,26?,28-,29?,30+,31+,33?,34?,35-,36?/m0/s1. The van der Waals surface area contributed by atoms with Crippen LogP contribution in [0.4, 0.5) is 18.9 Å². The second kappa shape index (κ2) is 11.1. The molecule has 10 atom stereocenters. The number of anilines is 1. The summed E-state index contributed by atoms with van der Waals surface area (Å²) in [5, 5.41) is 14.3. The number of nitrogens with one attached hydrogen (secondary N) is 1. The molecule has 46 heavy (non-hydrogen) atoms. The summed E-state index contributed by atoms with van der Waals surface area (Å²) >= 11 is 0.479. The molecule has 4 fully saturated rings. The quantitative estimate of drug-likeness (QED) is 0.364. The van der Waals surface area contributed by atoms with Crippen LogP contribution in [0.15, 0.2) is 72.3 Å². The van der Waals surface area contributed by atoms with Crippen molar-refractivity contribution >= 4 is 28.3 Å². The fourth-order valence-corrected chi connectivity index (χ4v) is 10.2. The smallest absolute Gasteiger partial charge is 0.226 e. The Morgan fingerprint density at radius 1 is 1.11 bits per heavy atom. The highest BCUT2D eigenvalue weighted by Crippen LogP contribution is 2.73. The molecule has 0 aromatic heterocycles. The lowest BCUT2D eigenvalue weighted by Crippen LogP contribution is -2.70. The number of carbonyl (C=O) groups excluding carboxylic acids is 2. The van der Waals surface area contributed by atoms with Gasteiger partial charge in [-0.25, -0.2) is 13.2 Å². The highest BCUT2D eigenvalue weighted by atomic mass is 32.2. The number of alkyl halides is 3. The van der Waals surface area contributed by atoms with E-state index in [1.807, 2.05) is 43.4 Å². The maximum Gasteiger partial charge on any atom is 0.226 e. The second-order valence-corrected chi connectivity index (χ2v) is 14.7. The van der Waals surface area contributed by atoms with Crippen LogP contribution in [0.5, 0.6) is 0 Å². The van der Waals surface area contributed by atoms with Crippen LogP contribution in [0.2, 0.25) is 0 Å². The average molecular weight is 654 g/mol. The van der Waals surface area contributed by atoms with Gasteiger partial charge in [0.1, 0.15) is 12.2 Å². The third-order valence-electron chi connectivity index (χ3n) is 11.7. The number of benzene rings is 2. The predicted octanol–water partition coefficient (Wildman–Crippen LogP) is 6.59. The lowest BCUT2D eigenvalue weighted by atomic mass is 9.44. The molecular weight excluding hydrogens is 615 g/mol. The van der Waals surface area contributed by atoms with E-state index in [1.54, 1.807) is 6.92 Å². The van der Waals surface area contributed by atoms with Gasteiger partial charge in [0.15, 0.2) is 23.3 Å². The van der Waals surface area contributed by atoms with Gasteiger partial charge in [-0.1, -0.05) is 61.2 Å². The summed E-state index contributed by atoms with van der Waals surface area (Å²) in [5.41, 5.74) is -2.79. The van der Waals surface area contributed by atoms with Gasteiger partial charge in [0.2, 0.25) is 5.12 Å². The zero-order valence-electron chi connectivity index (χ0n) is 26.0. The maximum atomic E-state index is 17.6. The Hall–Kier alpha value is -2.92. The van der Waals surface area contributed by atoms with Gasteiger partial charge in [-0.2, -0.15) is 0 Å². The Bertz CT molecular complexity index is 1630. The van der Waals surface area contributed by atoms with Crippen molar-refractivity contribution in [3.63, 3.8) is 0 Å². The van der Waals surface area contributed by atoms with Gasteiger partial charge >= 0.3 is 0 Å². The first kappa shape index (κ1) is 31.7. The molecule has 4 aliphatic carbocycles. The molecule has 2 aromatic carbocycles. The van der Waals surface area contributed by atoms with Crippen LogP contribution in [0.3, 0.4) is 0 Å². The number of ether oxygens (including phenoxy) is 2. The monoisotopic (exact) mass is 653 g/mol. The number of aliphatic hydroxyl groups is 1. The number of carbonyl (C=O) groups is 2. The van der Waals surface area contributed by atoms with Crippen LogP contribution >= 0.6 is 11.8 Å². The molecular formula is C36H38F3NO5S. The Labute approximate surface area is 270 Å². The third kappa shape index (κ3) is 4.29. The van der Waals surface area contributed by atoms with Crippen molar-refractivity contribution in [2.24, 2.45) is 22.7 Å². The molecule has 7 rings (SSSR count). The fourth-order valence-electron chi connectivity index (χ4n) is 9.47. The van der Waals surface area contributed by atoms with E-state index in [4.69, 9.17) is 9.47 Å². The average Bonchev–Trinajstić information content (AvgIpc) is 3.54. The van der Waals surface area contributed by atoms with Crippen molar-refractivity contribution in [1.82, 2.24) is 0 Å². The summed E-state index contributed by atoms with van der Waals surface area (Å²) in [6.45, 7) is 3.30. The molecule has 0 amide bonds. The highest BCUT2D eigenvalue weighted by Gasteiger charge is 2.80. The van der Waals surface area contributed by atoms with E-state index in [1.165, 1.54) is 19.1 Å². The molecule has 1 saturated heterocycles. The van der Waals surface area contributed by atoms with Crippen LogP contribution in [-0.2, 0) is 25.5 Å². The van der Waals surface area contributed by atoms with Crippen LogP contribution in [0.25, 0.3) is 0 Å². The second-order valence-electron chi connectivity index (χ2n) is 13.8. The minimum Gasteiger partial charge on any atom is -0.390 e. The Morgan fingerprint density at radius 3 is 2.59 bits per heavy atom. The van der Waals surface area contributed by atoms with Gasteiger partial charge in [0.25, 0.3) is 0 Å². The minimum absolute atomic E-state index is 0.0316. The summed E-state index contributed by atoms with van der Waals surface area (Å²) in [6.07, 6.45) is -0.805. The largest absolute Gasteiger partial charge is 0.390 e. The van der Waals surface area contributed by atoms with Crippen molar-refractivity contribution in [3.05, 3.63) is 89.0 Å². The molecule has 2 aromatic rings. The van der Waals surface area contributed by atoms with Gasteiger partial charge < -0.3 is 19.9 Å². The van der Waals surface area contributed by atoms with Crippen molar-refractivity contribution in [3.8, 4) is 0 Å². The van der Waals surface area contributed by atoms with Crippen LogP contribution in [0.1, 0.15) is 56.1 Å². The predicted molar refractivity (Wildman–Crippen MR) is 169 cm³/mol. The number of rotatable bonds is 6. The first-order valence-electron chi connectivity index (χ1n) is 15.8. The number of thioether (sulfide) groups is 1. The number of hydrogen-bond donors (Lipinski definition) is 2. The zero-order valence-corrected chi connectivity index (χ0v) is 26.8. The molecule has 5 unspecified atom stereocenters. The number of fused-ring (bicyclic) bond motifs is 7. The normalized spacial score (nSPS) is 40.8. The Kier molecular flexibility index (Phi) is 7.62. The Balaban J connectivity index is 1.21. The van der Waals surface area contributed by atoms with Crippen LogP contribution < -0.4 is 5.32 Å². The SMILES string of the molecule is CNc1cccc(Cc2ccc([C@@H]3O[C@@H]4C[C@H]5C6C[C@H](F)C7=CC(=O)C=CC7(C)[C@@]6(F)C(O)CC5(C)C4(C(=O)SCF)O3)cc2)c1. The molecule has 0 spiro atoms. The number of halogens is 3. The minimum atomic E-state index is -2.30. The van der Waals surface area contributed by atoms with Gasteiger partial charge in [0.05, 0.1) is 12.2 Å². The molecule has 3 saturated carbocycles. The molecule has 5 aliphatic rings. The summed E-state index contributed by atoms with van der Waals surface area (Å²) in [5.74, 6) is -2.04. The molecule has 0 bridgehead atoms. The number of aliphatic hydroxyl groups excluding tert-OH is 1. The first-order chi connectivity index (χ1) is 21.9. The van der Waals surface area contributed by atoms with E-state index < -0.39 is 75.5 Å². The van der Waals surface area contributed by atoms with Gasteiger partial charge in [-0.05, 0) is 79.5 Å². The third-order valence-corrected chi connectivity index (χ3v) is 12.4. The zero-order chi connectivity index (χ0) is 32.6. The van der Waals surface area contributed by atoms with E-state index in [9.17, 15) is 19.1 Å². The van der Waals surface area contributed by atoms with Crippen molar-refractivity contribution in [2.45, 2.75) is 75.5 Å². The molecule has 1 aliphatic heterocycles. The van der Waals surface area contributed by atoms with E-state index in [0.717, 1.165) is 22.9 Å². The summed E-state index contributed by atoms with van der Waals surface area (Å²) < 4.78 is 60.3. The summed E-state index contributed by atoms with van der Waals surface area (Å²) in [6, 6.07) is 14.8. The van der Waals surface area contributed by atoms with E-state index in [2.05, 4.69) is 17.4 Å². The molecule has 2 N–H and O–H groups in total. The molecule has 10 heteroatoms. The fraction of sp³-hybridized carbons (Fsp3) is 0.500. The summed E-state index contributed by atoms with van der Waals surface area (Å²) in [4.78, 5) is 26.1. The number of ketones is 1. The van der Waals surface area contributed by atoms with Crippen LogP contribution in [0, 0.1) is 22.7 Å². The topological polar surface area (TPSA) is 84.9 Å². The molecule has 244 valence electrons.